The van der Waals surface area contributed by atoms with E-state index in [-0.39, 0.29) is 24.5 Å². The molecule has 12 heteroatoms. The van der Waals surface area contributed by atoms with E-state index < -0.39 is 0 Å². The molecule has 0 unspecified atom stereocenters. The number of aromatic nitrogens is 1. The highest BCUT2D eigenvalue weighted by Gasteiger charge is 2.22. The minimum Gasteiger partial charge on any atom is -0.497 e. The Balaban J connectivity index is 0.000000242. The van der Waals surface area contributed by atoms with E-state index >= 15 is 0 Å². The highest BCUT2D eigenvalue weighted by molar-refractivity contribution is 9.10. The zero-order valence-electron chi connectivity index (χ0n) is 29.8. The van der Waals surface area contributed by atoms with Gasteiger partial charge in [-0.15, -0.1) is 0 Å². The molecule has 0 saturated heterocycles. The molecular formula is C39H48BrClN4O6. The molecule has 3 N–H and O–H groups in total. The second kappa shape index (κ2) is 19.6. The van der Waals surface area contributed by atoms with Crippen molar-refractivity contribution in [3.8, 4) is 5.75 Å². The number of carbonyl (C=O) groups excluding carboxylic acids is 3. The number of hydrogen-bond acceptors (Lipinski definition) is 9. The molecule has 0 bridgehead atoms. The van der Waals surface area contributed by atoms with E-state index in [2.05, 4.69) is 33.1 Å². The molecule has 274 valence electrons. The van der Waals surface area contributed by atoms with Crippen LogP contribution >= 0.6 is 27.5 Å². The molecular weight excluding hydrogens is 736 g/mol. The third kappa shape index (κ3) is 11.3. The number of rotatable bonds is 13. The molecule has 0 amide bonds. The van der Waals surface area contributed by atoms with Crippen molar-refractivity contribution in [2.45, 2.75) is 65.5 Å². The Labute approximate surface area is 313 Å². The Morgan fingerprint density at radius 3 is 2.29 bits per heavy atom. The fourth-order valence-electron chi connectivity index (χ4n) is 6.23. The number of methoxy groups -OCH3 is 1. The normalized spacial score (nSPS) is 13.1. The van der Waals surface area contributed by atoms with Crippen LogP contribution in [-0.4, -0.2) is 73.3 Å². The summed E-state index contributed by atoms with van der Waals surface area (Å²) in [6.45, 7) is 8.68. The molecule has 1 heterocycles. The van der Waals surface area contributed by atoms with Crippen LogP contribution in [0.15, 0.2) is 65.1 Å². The maximum atomic E-state index is 12.7. The number of nitrogens with two attached hydrogens (primary N) is 1. The Morgan fingerprint density at radius 1 is 0.961 bits per heavy atom. The van der Waals surface area contributed by atoms with Crippen LogP contribution in [0, 0.1) is 6.92 Å². The van der Waals surface area contributed by atoms with Gasteiger partial charge in [-0.1, -0.05) is 37.8 Å². The Bertz CT molecular complexity index is 1790. The van der Waals surface area contributed by atoms with Gasteiger partial charge in [0.25, 0.3) is 5.91 Å². The smallest absolute Gasteiger partial charge is 0.338 e. The van der Waals surface area contributed by atoms with Gasteiger partial charge in [-0.25, -0.2) is 4.79 Å². The number of anilines is 1. The van der Waals surface area contributed by atoms with E-state index in [1.54, 1.807) is 42.0 Å². The Hall–Kier alpha value is -3.90. The number of ether oxygens (including phenoxy) is 3. The van der Waals surface area contributed by atoms with Gasteiger partial charge >= 0.3 is 11.9 Å². The fourth-order valence-corrected chi connectivity index (χ4v) is 6.86. The van der Waals surface area contributed by atoms with Crippen molar-refractivity contribution >= 4 is 62.0 Å². The van der Waals surface area contributed by atoms with Gasteiger partial charge in [0.1, 0.15) is 19.0 Å². The van der Waals surface area contributed by atoms with E-state index in [1.807, 2.05) is 37.3 Å². The minimum absolute atomic E-state index is 0.0654. The topological polar surface area (TPSA) is 125 Å². The number of nitrogens with one attached hydrogen (secondary N) is 1. The van der Waals surface area contributed by atoms with Gasteiger partial charge < -0.3 is 25.3 Å². The lowest BCUT2D eigenvalue weighted by molar-refractivity contribution is -0.140. The number of carbonyl (C=O) groups is 3. The first kappa shape index (κ1) is 39.9. The first-order valence-corrected chi connectivity index (χ1v) is 18.5. The van der Waals surface area contributed by atoms with E-state index in [0.717, 1.165) is 41.0 Å². The number of benzene rings is 3. The van der Waals surface area contributed by atoms with Gasteiger partial charge in [0.15, 0.2) is 0 Å². The average Bonchev–Trinajstić information content (AvgIpc) is 3.46. The molecule has 51 heavy (non-hydrogen) atoms. The Kier molecular flexibility index (Phi) is 15.4. The summed E-state index contributed by atoms with van der Waals surface area (Å²) in [6, 6.07) is 18.7. The first-order valence-electron chi connectivity index (χ1n) is 17.3. The predicted octanol–water partition coefficient (Wildman–Crippen LogP) is 7.80. The largest absolute Gasteiger partial charge is 0.497 e. The third-order valence-corrected chi connectivity index (χ3v) is 9.81. The number of nitrogen functional groups attached to an aromatic ring is 1. The van der Waals surface area contributed by atoms with Crippen molar-refractivity contribution in [1.29, 1.82) is 0 Å². The third-order valence-electron chi connectivity index (χ3n) is 8.90. The summed E-state index contributed by atoms with van der Waals surface area (Å²) in [5.41, 5.74) is 10.8. The van der Waals surface area contributed by atoms with E-state index in [9.17, 15) is 14.4 Å². The molecule has 10 nitrogen and oxygen atoms in total. The number of nitrogens with zero attached hydrogens (tertiary/aromatic N) is 2. The van der Waals surface area contributed by atoms with Crippen LogP contribution in [0.2, 0.25) is 5.02 Å². The molecule has 3 aromatic carbocycles. The van der Waals surface area contributed by atoms with Crippen LogP contribution in [0.1, 0.15) is 77.9 Å². The lowest BCUT2D eigenvalue weighted by atomic mass is 9.93. The highest BCUT2D eigenvalue weighted by Crippen LogP contribution is 2.30. The van der Waals surface area contributed by atoms with Gasteiger partial charge in [0.2, 0.25) is 0 Å². The number of fused-ring (bicyclic) bond motifs is 1. The van der Waals surface area contributed by atoms with Crippen LogP contribution in [0.5, 0.6) is 5.75 Å². The number of hydrogen-bond donors (Lipinski definition) is 2. The molecule has 0 aliphatic heterocycles. The second-order valence-corrected chi connectivity index (χ2v) is 13.8. The van der Waals surface area contributed by atoms with Crippen molar-refractivity contribution in [1.82, 2.24) is 14.8 Å². The van der Waals surface area contributed by atoms with Crippen LogP contribution in [-0.2, 0) is 20.8 Å². The molecule has 1 aliphatic carbocycles. The summed E-state index contributed by atoms with van der Waals surface area (Å²) in [6.07, 6.45) is 6.33. The van der Waals surface area contributed by atoms with Gasteiger partial charge in [-0.3, -0.25) is 19.1 Å². The minimum atomic E-state index is -0.376. The molecule has 1 fully saturated rings. The van der Waals surface area contributed by atoms with Crippen molar-refractivity contribution < 1.29 is 28.6 Å². The highest BCUT2D eigenvalue weighted by atomic mass is 79.9. The molecule has 1 saturated carbocycles. The summed E-state index contributed by atoms with van der Waals surface area (Å²) in [5, 5.41) is 4.66. The maximum Gasteiger partial charge on any atom is 0.338 e. The monoisotopic (exact) mass is 782 g/mol. The number of esters is 2. The van der Waals surface area contributed by atoms with Crippen molar-refractivity contribution in [2.75, 3.05) is 45.7 Å². The van der Waals surface area contributed by atoms with Crippen molar-refractivity contribution in [3.63, 3.8) is 0 Å². The zero-order chi connectivity index (χ0) is 36.9. The van der Waals surface area contributed by atoms with E-state index in [1.165, 1.54) is 39.0 Å². The SMILES string of the molecule is CCN(Cc1cc(C(=O)OCCNCCOC(C)=O)cc(Br)c1N)C1CCCCC1.COc1ccc2c(c1)cc(C)n2C(=O)c1ccc(Cl)cc1. The Morgan fingerprint density at radius 2 is 1.65 bits per heavy atom. The molecule has 0 radical (unpaired) electrons. The van der Waals surface area contributed by atoms with Crippen molar-refractivity contribution in [3.05, 3.63) is 92.5 Å². The fraction of sp³-hybridized carbons (Fsp3) is 0.410. The number of halogens is 2. The van der Waals surface area contributed by atoms with Crippen LogP contribution < -0.4 is 15.8 Å². The van der Waals surface area contributed by atoms with Crippen LogP contribution in [0.3, 0.4) is 0 Å². The quantitative estimate of drug-likeness (QED) is 0.0794. The molecule has 4 aromatic rings. The summed E-state index contributed by atoms with van der Waals surface area (Å²) < 4.78 is 17.8. The number of aryl methyl sites for hydroxylation is 1. The molecule has 5 rings (SSSR count). The molecule has 1 aromatic heterocycles. The lowest BCUT2D eigenvalue weighted by Gasteiger charge is -2.34. The van der Waals surface area contributed by atoms with Gasteiger partial charge in [0.05, 0.1) is 23.9 Å². The van der Waals surface area contributed by atoms with Gasteiger partial charge in [-0.05, 0) is 108 Å². The van der Waals surface area contributed by atoms with E-state index in [4.69, 9.17) is 31.5 Å². The summed E-state index contributed by atoms with van der Waals surface area (Å²) >= 11 is 9.36. The van der Waals surface area contributed by atoms with Crippen molar-refractivity contribution in [2.24, 2.45) is 0 Å². The molecule has 0 spiro atoms. The second-order valence-electron chi connectivity index (χ2n) is 12.5. The zero-order valence-corrected chi connectivity index (χ0v) is 32.1. The van der Waals surface area contributed by atoms with E-state index in [0.29, 0.717) is 52.0 Å². The predicted molar refractivity (Wildman–Crippen MR) is 206 cm³/mol. The summed E-state index contributed by atoms with van der Waals surface area (Å²) in [7, 11) is 1.63. The van der Waals surface area contributed by atoms with Crippen LogP contribution in [0.4, 0.5) is 5.69 Å². The summed E-state index contributed by atoms with van der Waals surface area (Å²) in [4.78, 5) is 38.4. The van der Waals surface area contributed by atoms with Crippen LogP contribution in [0.25, 0.3) is 10.9 Å². The average molecular weight is 784 g/mol. The maximum absolute atomic E-state index is 12.7. The van der Waals surface area contributed by atoms with Gasteiger partial charge in [-0.2, -0.15) is 0 Å². The standard InChI is InChI=1S/C22H34BrN3O4.C17H14ClNO2/c1-3-26(19-7-5-4-6-8-19)15-18-13-17(14-20(23)21(18)24)22(28)30-12-10-25-9-11-29-16(2)27;1-11-9-13-10-15(21-2)7-8-16(13)19(11)17(20)12-3-5-14(18)6-4-12/h13-14,19,25H,3-12,15,24H2,1-2H3;3-10H,1-2H3. The molecule has 1 aliphatic rings. The molecule has 0 atom stereocenters. The first-order chi connectivity index (χ1) is 24.5. The van der Waals surface area contributed by atoms with Gasteiger partial charge in [0, 0.05) is 58.7 Å². The summed E-state index contributed by atoms with van der Waals surface area (Å²) in [5.74, 6) is 0.0282. The lowest BCUT2D eigenvalue weighted by Crippen LogP contribution is -2.36.